The first kappa shape index (κ1) is 18.5. The van der Waals surface area contributed by atoms with Crippen LogP contribution < -0.4 is 46.0 Å². The Bertz CT molecular complexity index is 1070. The number of benzene rings is 3. The van der Waals surface area contributed by atoms with Crippen LogP contribution in [0.25, 0.3) is 0 Å². The molecule has 0 N–H and O–H groups in total. The molecule has 3 aromatic rings. The Morgan fingerprint density at radius 1 is 0.448 bits per heavy atom. The van der Waals surface area contributed by atoms with E-state index in [0.29, 0.717) is 34.5 Å². The largest absolute Gasteiger partial charge is 1.00 e. The fraction of sp³-hybridized carbons (Fsp3) is 0.143. The van der Waals surface area contributed by atoms with Gasteiger partial charge in [0, 0.05) is 0 Å². The summed E-state index contributed by atoms with van der Waals surface area (Å²) >= 11 is 0. The van der Waals surface area contributed by atoms with Gasteiger partial charge in [-0.25, -0.2) is 0 Å². The van der Waals surface area contributed by atoms with Crippen LogP contribution in [-0.2, 0) is 0 Å². The molecule has 0 unspecified atom stereocenters. The maximum absolute atomic E-state index is 6.34. The first-order valence-corrected chi connectivity index (χ1v) is 11.2. The summed E-state index contributed by atoms with van der Waals surface area (Å²) in [6.07, 6.45) is 0. The minimum atomic E-state index is -5.64. The Balaban J connectivity index is 0.00000181. The topological polar surface area (TPSA) is 55.4 Å². The van der Waals surface area contributed by atoms with E-state index in [-0.39, 0.29) is 18.9 Å². The molecule has 0 aliphatic carbocycles. The molecular formula is C21H18LiO6P. The normalized spacial score (nSPS) is 21.6. The first-order chi connectivity index (χ1) is 13.3. The summed E-state index contributed by atoms with van der Waals surface area (Å²) in [5.74, 6) is 2.67. The van der Waals surface area contributed by atoms with E-state index < -0.39 is 7.31 Å². The second-order valence-corrected chi connectivity index (χ2v) is 10.8. The van der Waals surface area contributed by atoms with Gasteiger partial charge in [0.05, 0.1) is 0 Å². The SMILES string of the molecule is Cc1ccc2c(c1)O[P-]13(O2)(Oc2ccc(C)cc2O1)Oc1ccc(C)cc1O3.[Li+]. The second kappa shape index (κ2) is 5.15. The predicted molar refractivity (Wildman–Crippen MR) is 104 cm³/mol. The first-order valence-electron chi connectivity index (χ1n) is 9.03. The third-order valence-electron chi connectivity index (χ3n) is 5.01. The van der Waals surface area contributed by atoms with Gasteiger partial charge in [-0.2, -0.15) is 0 Å². The summed E-state index contributed by atoms with van der Waals surface area (Å²) in [7, 11) is -5.64. The van der Waals surface area contributed by atoms with E-state index in [9.17, 15) is 0 Å². The van der Waals surface area contributed by atoms with Gasteiger partial charge in [0.15, 0.2) is 0 Å². The molecule has 3 aliphatic heterocycles. The van der Waals surface area contributed by atoms with Gasteiger partial charge < -0.3 is 0 Å². The molecule has 6 rings (SSSR count). The van der Waals surface area contributed by atoms with Gasteiger partial charge in [-0.1, -0.05) is 0 Å². The molecule has 0 bridgehead atoms. The van der Waals surface area contributed by atoms with Gasteiger partial charge in [0.2, 0.25) is 0 Å². The van der Waals surface area contributed by atoms with Crippen LogP contribution in [0.2, 0.25) is 0 Å². The Morgan fingerprint density at radius 3 is 1.03 bits per heavy atom. The molecule has 3 heterocycles. The van der Waals surface area contributed by atoms with E-state index in [2.05, 4.69) is 0 Å². The van der Waals surface area contributed by atoms with E-state index in [1.807, 2.05) is 57.2 Å². The zero-order valence-electron chi connectivity index (χ0n) is 16.6. The molecule has 0 atom stereocenters. The number of hydrogen-bond acceptors (Lipinski definition) is 6. The van der Waals surface area contributed by atoms with Gasteiger partial charge in [-0.05, 0) is 0 Å². The average Bonchev–Trinajstić information content (AvgIpc) is 3.18. The van der Waals surface area contributed by atoms with Crippen molar-refractivity contribution in [3.63, 3.8) is 0 Å². The summed E-state index contributed by atoms with van der Waals surface area (Å²) in [5.41, 5.74) is 2.99. The molecule has 29 heavy (non-hydrogen) atoms. The van der Waals surface area contributed by atoms with Crippen molar-refractivity contribution in [2.45, 2.75) is 20.8 Å². The number of hydrogen-bond donors (Lipinski definition) is 0. The van der Waals surface area contributed by atoms with E-state index in [1.54, 1.807) is 18.2 Å². The zero-order chi connectivity index (χ0) is 19.2. The molecule has 0 saturated heterocycles. The third kappa shape index (κ3) is 2.28. The van der Waals surface area contributed by atoms with E-state index in [1.165, 1.54) is 0 Å². The fourth-order valence-corrected chi connectivity index (χ4v) is 7.62. The van der Waals surface area contributed by atoms with Crippen molar-refractivity contribution in [2.24, 2.45) is 0 Å². The average molecular weight is 404 g/mol. The number of fused-ring (bicyclic) bond motifs is 3. The van der Waals surface area contributed by atoms with Crippen molar-refractivity contribution < 1.29 is 46.0 Å². The van der Waals surface area contributed by atoms with Crippen LogP contribution in [0.4, 0.5) is 0 Å². The summed E-state index contributed by atoms with van der Waals surface area (Å²) in [6.45, 7) is 5.88. The Hall–Kier alpha value is -2.51. The Morgan fingerprint density at radius 2 is 0.724 bits per heavy atom. The van der Waals surface area contributed by atoms with Gasteiger partial charge in [0.1, 0.15) is 0 Å². The summed E-state index contributed by atoms with van der Waals surface area (Å²) in [5, 5.41) is 0. The van der Waals surface area contributed by atoms with Crippen LogP contribution in [0.15, 0.2) is 54.6 Å². The molecule has 3 aromatic carbocycles. The maximum atomic E-state index is 6.34. The minimum absolute atomic E-state index is 0. The van der Waals surface area contributed by atoms with Crippen molar-refractivity contribution >= 4 is 7.31 Å². The van der Waals surface area contributed by atoms with Crippen molar-refractivity contribution in [2.75, 3.05) is 0 Å². The monoisotopic (exact) mass is 404 g/mol. The number of aryl methyl sites for hydroxylation is 3. The van der Waals surface area contributed by atoms with Crippen molar-refractivity contribution in [1.82, 2.24) is 0 Å². The van der Waals surface area contributed by atoms with Gasteiger partial charge in [-0.3, -0.25) is 0 Å². The van der Waals surface area contributed by atoms with Crippen LogP contribution in [0.5, 0.6) is 34.5 Å². The maximum Gasteiger partial charge on any atom is 1.00 e. The van der Waals surface area contributed by atoms with E-state index in [0.717, 1.165) is 16.7 Å². The number of rotatable bonds is 0. The summed E-state index contributed by atoms with van der Waals surface area (Å²) in [4.78, 5) is 0. The summed E-state index contributed by atoms with van der Waals surface area (Å²) < 4.78 is 38.0. The van der Waals surface area contributed by atoms with Crippen LogP contribution in [0, 0.1) is 20.8 Å². The molecular weight excluding hydrogens is 386 g/mol. The van der Waals surface area contributed by atoms with Crippen molar-refractivity contribution in [3.05, 3.63) is 71.3 Å². The molecule has 0 amide bonds. The third-order valence-corrected chi connectivity index (χ3v) is 8.42. The van der Waals surface area contributed by atoms with Crippen LogP contribution in [0.3, 0.4) is 0 Å². The van der Waals surface area contributed by atoms with Gasteiger partial charge in [-0.15, -0.1) is 0 Å². The molecule has 144 valence electrons. The molecule has 8 heteroatoms. The molecule has 0 fully saturated rings. The zero-order valence-corrected chi connectivity index (χ0v) is 17.5. The molecule has 1 spiro atoms. The Kier molecular flexibility index (Phi) is 3.29. The Labute approximate surface area is 179 Å². The van der Waals surface area contributed by atoms with E-state index in [4.69, 9.17) is 27.1 Å². The van der Waals surface area contributed by atoms with Crippen LogP contribution >= 0.6 is 7.31 Å². The second-order valence-electron chi connectivity index (χ2n) is 7.52. The smallest absolute Gasteiger partial charge is 1.00 e. The van der Waals surface area contributed by atoms with Crippen molar-refractivity contribution in [1.29, 1.82) is 0 Å². The van der Waals surface area contributed by atoms with Crippen molar-refractivity contribution in [3.8, 4) is 34.5 Å². The quantitative estimate of drug-likeness (QED) is 0.424. The molecule has 0 aromatic heterocycles. The summed E-state index contributed by atoms with van der Waals surface area (Å²) in [6, 6.07) is 16.7. The predicted octanol–water partition coefficient (Wildman–Crippen LogP) is 2.91. The molecule has 0 saturated carbocycles. The van der Waals surface area contributed by atoms with Gasteiger partial charge in [0.25, 0.3) is 0 Å². The van der Waals surface area contributed by atoms with E-state index >= 15 is 0 Å². The van der Waals surface area contributed by atoms with Crippen LogP contribution in [0.1, 0.15) is 16.7 Å². The van der Waals surface area contributed by atoms with Gasteiger partial charge >= 0.3 is 180 Å². The minimum Gasteiger partial charge on any atom is 1.00 e. The molecule has 3 aliphatic rings. The standard InChI is InChI=1S/C21H18O6P.Li/c1-13-4-7-16-19(10-13)25-28(22-16,23-17-8-5-14(2)11-20(17)26-28)24-18-9-6-15(3)12-21(18)27-28;/h4-12H,1-3H3;/q-1;+1. The fourth-order valence-electron chi connectivity index (χ4n) is 3.77. The molecule has 6 nitrogen and oxygen atoms in total. The van der Waals surface area contributed by atoms with Crippen LogP contribution in [-0.4, -0.2) is 0 Å². The molecule has 0 radical (unpaired) electrons.